The summed E-state index contributed by atoms with van der Waals surface area (Å²) in [7, 11) is 0. The average Bonchev–Trinajstić information content (AvgIpc) is 2.51. The maximum atomic E-state index is 12.2. The zero-order valence-corrected chi connectivity index (χ0v) is 11.1. The number of rotatable bonds is 3. The van der Waals surface area contributed by atoms with E-state index in [9.17, 15) is 4.79 Å². The molecule has 0 aliphatic carbocycles. The minimum Gasteiger partial charge on any atom is -0.393 e. The van der Waals surface area contributed by atoms with Crippen molar-refractivity contribution in [2.24, 2.45) is 11.7 Å². The minimum absolute atomic E-state index is 0.112. The average molecular weight is 242 g/mol. The van der Waals surface area contributed by atoms with Gasteiger partial charge in [0.1, 0.15) is 0 Å². The number of amides is 1. The molecule has 1 aliphatic rings. The Labute approximate surface area is 103 Å². The molecule has 1 rings (SSSR count). The smallest absolute Gasteiger partial charge is 0.232 e. The normalized spacial score (nSPS) is 23.6. The Kier molecular flexibility index (Phi) is 5.19. The molecule has 16 heavy (non-hydrogen) atoms. The molecule has 0 saturated carbocycles. The van der Waals surface area contributed by atoms with Gasteiger partial charge in [0.15, 0.2) is 0 Å². The first-order valence-corrected chi connectivity index (χ1v) is 6.58. The summed E-state index contributed by atoms with van der Waals surface area (Å²) in [4.78, 5) is 14.5. The van der Waals surface area contributed by atoms with Gasteiger partial charge in [-0.1, -0.05) is 32.0 Å². The summed E-state index contributed by atoms with van der Waals surface area (Å²) in [5.41, 5.74) is 5.55. The highest BCUT2D eigenvalue weighted by Crippen LogP contribution is 2.21. The van der Waals surface area contributed by atoms with Crippen molar-refractivity contribution >= 4 is 23.1 Å². The van der Waals surface area contributed by atoms with Crippen LogP contribution in [0.1, 0.15) is 46.0 Å². The lowest BCUT2D eigenvalue weighted by molar-refractivity contribution is -0.135. The monoisotopic (exact) mass is 242 g/mol. The van der Waals surface area contributed by atoms with Crippen molar-refractivity contribution in [3.63, 3.8) is 0 Å². The highest BCUT2D eigenvalue weighted by molar-refractivity contribution is 7.80. The molecular formula is C12H22N2OS. The number of hydrogen-bond donors (Lipinski definition) is 1. The van der Waals surface area contributed by atoms with Crippen LogP contribution in [0.25, 0.3) is 0 Å². The molecule has 1 fully saturated rings. The Morgan fingerprint density at radius 1 is 1.50 bits per heavy atom. The van der Waals surface area contributed by atoms with Crippen molar-refractivity contribution in [1.82, 2.24) is 4.90 Å². The van der Waals surface area contributed by atoms with Crippen molar-refractivity contribution in [3.8, 4) is 0 Å². The Hall–Kier alpha value is -0.640. The maximum absolute atomic E-state index is 12.2. The van der Waals surface area contributed by atoms with Gasteiger partial charge in [0.2, 0.25) is 5.91 Å². The lowest BCUT2D eigenvalue weighted by atomic mass is 10.0. The molecule has 1 aliphatic heterocycles. The van der Waals surface area contributed by atoms with E-state index in [-0.39, 0.29) is 11.8 Å². The first kappa shape index (κ1) is 13.4. The van der Waals surface area contributed by atoms with Crippen molar-refractivity contribution in [3.05, 3.63) is 0 Å². The third-order valence-electron chi connectivity index (χ3n) is 3.43. The first-order chi connectivity index (χ1) is 7.57. The topological polar surface area (TPSA) is 46.3 Å². The van der Waals surface area contributed by atoms with Crippen LogP contribution in [0.3, 0.4) is 0 Å². The zero-order valence-electron chi connectivity index (χ0n) is 10.2. The molecule has 2 N–H and O–H groups in total. The molecule has 4 heteroatoms. The fourth-order valence-electron chi connectivity index (χ4n) is 2.26. The summed E-state index contributed by atoms with van der Waals surface area (Å²) >= 11 is 4.90. The van der Waals surface area contributed by atoms with Gasteiger partial charge in [-0.2, -0.15) is 0 Å². The van der Waals surface area contributed by atoms with Crippen LogP contribution in [-0.2, 0) is 4.79 Å². The lowest BCUT2D eigenvalue weighted by Gasteiger charge is -2.31. The number of nitrogens with two attached hydrogens (primary N) is 1. The second-order valence-electron chi connectivity index (χ2n) is 4.57. The third-order valence-corrected chi connectivity index (χ3v) is 3.78. The summed E-state index contributed by atoms with van der Waals surface area (Å²) in [6, 6.07) is 0.381. The van der Waals surface area contributed by atoms with Gasteiger partial charge in [-0.15, -0.1) is 0 Å². The fraction of sp³-hybridized carbons (Fsp3) is 0.833. The van der Waals surface area contributed by atoms with E-state index in [1.807, 2.05) is 11.8 Å². The van der Waals surface area contributed by atoms with E-state index in [1.165, 1.54) is 12.8 Å². The summed E-state index contributed by atoms with van der Waals surface area (Å²) in [5, 5.41) is 0. The van der Waals surface area contributed by atoms with Crippen molar-refractivity contribution in [1.29, 1.82) is 0 Å². The van der Waals surface area contributed by atoms with Gasteiger partial charge >= 0.3 is 0 Å². The van der Waals surface area contributed by atoms with Crippen molar-refractivity contribution in [2.75, 3.05) is 6.54 Å². The molecule has 0 radical (unpaired) electrons. The van der Waals surface area contributed by atoms with E-state index in [2.05, 4.69) is 6.92 Å². The van der Waals surface area contributed by atoms with E-state index < -0.39 is 0 Å². The predicted octanol–water partition coefficient (Wildman–Crippen LogP) is 2.09. The Morgan fingerprint density at radius 2 is 2.19 bits per heavy atom. The standard InChI is InChI=1S/C12H22N2OS/c1-3-10-7-5-4-6-8-14(10)12(15)9(2)11(13)16/h9-10H,3-8H2,1-2H3,(H2,13,16). The Bertz CT molecular complexity index is 268. The van der Waals surface area contributed by atoms with Gasteiger partial charge in [0, 0.05) is 12.6 Å². The van der Waals surface area contributed by atoms with Gasteiger partial charge in [0.05, 0.1) is 10.9 Å². The van der Waals surface area contributed by atoms with Crippen LogP contribution in [0.5, 0.6) is 0 Å². The molecule has 0 aromatic heterocycles. The number of carbonyl (C=O) groups excluding carboxylic acids is 1. The van der Waals surface area contributed by atoms with Gasteiger partial charge in [-0.3, -0.25) is 4.79 Å². The van der Waals surface area contributed by atoms with Gasteiger partial charge in [-0.25, -0.2) is 0 Å². The van der Waals surface area contributed by atoms with Crippen LogP contribution in [0, 0.1) is 5.92 Å². The molecule has 1 saturated heterocycles. The number of thiocarbonyl (C=S) groups is 1. The van der Waals surface area contributed by atoms with E-state index in [0.29, 0.717) is 11.0 Å². The number of carbonyl (C=O) groups is 1. The Balaban J connectivity index is 2.73. The molecule has 1 heterocycles. The molecule has 92 valence electrons. The van der Waals surface area contributed by atoms with Crippen molar-refractivity contribution in [2.45, 2.75) is 52.0 Å². The highest BCUT2D eigenvalue weighted by Gasteiger charge is 2.28. The first-order valence-electron chi connectivity index (χ1n) is 6.17. The summed E-state index contributed by atoms with van der Waals surface area (Å²) in [6.45, 7) is 4.81. The SMILES string of the molecule is CCC1CCCCCN1C(=O)C(C)C(N)=S. The van der Waals surface area contributed by atoms with Crippen molar-refractivity contribution < 1.29 is 4.79 Å². The van der Waals surface area contributed by atoms with Crippen LogP contribution in [-0.4, -0.2) is 28.4 Å². The minimum atomic E-state index is -0.317. The number of nitrogens with zero attached hydrogens (tertiary/aromatic N) is 1. The lowest BCUT2D eigenvalue weighted by Crippen LogP contribution is -2.45. The van der Waals surface area contributed by atoms with Crippen LogP contribution in [0.4, 0.5) is 0 Å². The second kappa shape index (κ2) is 6.18. The number of likely N-dealkylation sites (tertiary alicyclic amines) is 1. The molecule has 0 bridgehead atoms. The molecule has 2 unspecified atom stereocenters. The molecule has 1 amide bonds. The zero-order chi connectivity index (χ0) is 12.1. The molecule has 3 nitrogen and oxygen atoms in total. The molecule has 2 atom stereocenters. The molecular weight excluding hydrogens is 220 g/mol. The number of hydrogen-bond acceptors (Lipinski definition) is 2. The highest BCUT2D eigenvalue weighted by atomic mass is 32.1. The van der Waals surface area contributed by atoms with Crippen LogP contribution < -0.4 is 5.73 Å². The van der Waals surface area contributed by atoms with Crippen LogP contribution >= 0.6 is 12.2 Å². The predicted molar refractivity (Wildman–Crippen MR) is 70.2 cm³/mol. The fourth-order valence-corrected chi connectivity index (χ4v) is 2.36. The molecule has 0 aromatic rings. The van der Waals surface area contributed by atoms with Crippen LogP contribution in [0.15, 0.2) is 0 Å². The van der Waals surface area contributed by atoms with E-state index in [0.717, 1.165) is 25.8 Å². The second-order valence-corrected chi connectivity index (χ2v) is 5.04. The quantitative estimate of drug-likeness (QED) is 0.771. The summed E-state index contributed by atoms with van der Waals surface area (Å²) in [6.07, 6.45) is 5.69. The van der Waals surface area contributed by atoms with E-state index in [1.54, 1.807) is 0 Å². The van der Waals surface area contributed by atoms with Gasteiger partial charge < -0.3 is 10.6 Å². The largest absolute Gasteiger partial charge is 0.393 e. The third kappa shape index (κ3) is 3.17. The van der Waals surface area contributed by atoms with Crippen LogP contribution in [0.2, 0.25) is 0 Å². The van der Waals surface area contributed by atoms with Gasteiger partial charge in [0.25, 0.3) is 0 Å². The van der Waals surface area contributed by atoms with E-state index >= 15 is 0 Å². The molecule has 0 aromatic carbocycles. The van der Waals surface area contributed by atoms with Gasteiger partial charge in [-0.05, 0) is 26.2 Å². The summed E-state index contributed by atoms with van der Waals surface area (Å²) < 4.78 is 0. The maximum Gasteiger partial charge on any atom is 0.232 e. The van der Waals surface area contributed by atoms with E-state index in [4.69, 9.17) is 18.0 Å². The molecule has 0 spiro atoms. The Morgan fingerprint density at radius 3 is 2.75 bits per heavy atom. The summed E-state index contributed by atoms with van der Waals surface area (Å²) in [5.74, 6) is -0.205.